The molecule has 0 bridgehead atoms. The fourth-order valence-corrected chi connectivity index (χ4v) is 4.45. The SMILES string of the molecule is O=C(c1cccc(-c2cccc(F)c2)c1)N(Cc1cccc(OC[C@@H]2CCOC2)c1)Cc1ccccn1. The summed E-state index contributed by atoms with van der Waals surface area (Å²) in [6, 6.07) is 27.2. The molecule has 2 heterocycles. The molecule has 37 heavy (non-hydrogen) atoms. The third-order valence-corrected chi connectivity index (χ3v) is 6.42. The van der Waals surface area contributed by atoms with Gasteiger partial charge in [-0.2, -0.15) is 0 Å². The predicted molar refractivity (Wildman–Crippen MR) is 141 cm³/mol. The van der Waals surface area contributed by atoms with Crippen LogP contribution in [0.5, 0.6) is 5.75 Å². The third-order valence-electron chi connectivity index (χ3n) is 6.42. The Labute approximate surface area is 216 Å². The van der Waals surface area contributed by atoms with Crippen molar-refractivity contribution in [2.24, 2.45) is 5.92 Å². The summed E-state index contributed by atoms with van der Waals surface area (Å²) in [5, 5.41) is 0. The first-order valence-electron chi connectivity index (χ1n) is 12.5. The van der Waals surface area contributed by atoms with Gasteiger partial charge in [0.05, 0.1) is 25.5 Å². The van der Waals surface area contributed by atoms with Gasteiger partial charge < -0.3 is 14.4 Å². The van der Waals surface area contributed by atoms with Gasteiger partial charge in [0.25, 0.3) is 5.91 Å². The number of nitrogens with zero attached hydrogens (tertiary/aromatic N) is 2. The van der Waals surface area contributed by atoms with Gasteiger partial charge >= 0.3 is 0 Å². The smallest absolute Gasteiger partial charge is 0.254 e. The molecular formula is C31H29FN2O3. The standard InChI is InChI=1S/C31H29FN2O3/c32-28-10-5-8-26(18-28)25-7-4-9-27(17-25)31(35)34(20-29-11-1-2-14-33-29)19-23-6-3-12-30(16-23)37-22-24-13-15-36-21-24/h1-12,14,16-18,24H,13,15,19-22H2/t24-/m1/s1. The normalized spacial score (nSPS) is 14.9. The lowest BCUT2D eigenvalue weighted by Crippen LogP contribution is -2.30. The maximum Gasteiger partial charge on any atom is 0.254 e. The van der Waals surface area contributed by atoms with E-state index in [1.807, 2.05) is 66.7 Å². The molecule has 0 radical (unpaired) electrons. The summed E-state index contributed by atoms with van der Waals surface area (Å²) < 4.78 is 25.3. The van der Waals surface area contributed by atoms with E-state index in [1.165, 1.54) is 12.1 Å². The molecule has 188 valence electrons. The van der Waals surface area contributed by atoms with Gasteiger partial charge in [-0.15, -0.1) is 0 Å². The van der Waals surface area contributed by atoms with Crippen molar-refractivity contribution in [1.82, 2.24) is 9.88 Å². The summed E-state index contributed by atoms with van der Waals surface area (Å²) >= 11 is 0. The van der Waals surface area contributed by atoms with Crippen molar-refractivity contribution in [2.45, 2.75) is 19.5 Å². The average Bonchev–Trinajstić information content (AvgIpc) is 3.46. The molecule has 4 aromatic rings. The Morgan fingerprint density at radius 1 is 0.946 bits per heavy atom. The molecule has 0 spiro atoms. The maximum absolute atomic E-state index is 13.8. The largest absolute Gasteiger partial charge is 0.493 e. The number of rotatable bonds is 9. The van der Waals surface area contributed by atoms with Crippen LogP contribution in [-0.4, -0.2) is 35.6 Å². The van der Waals surface area contributed by atoms with Gasteiger partial charge in [-0.05, 0) is 71.6 Å². The number of ether oxygens (including phenoxy) is 2. The van der Waals surface area contributed by atoms with Crippen LogP contribution in [0.25, 0.3) is 11.1 Å². The van der Waals surface area contributed by atoms with Crippen molar-refractivity contribution in [3.8, 4) is 16.9 Å². The van der Waals surface area contributed by atoms with Crippen molar-refractivity contribution >= 4 is 5.91 Å². The molecular weight excluding hydrogens is 467 g/mol. The number of carbonyl (C=O) groups is 1. The van der Waals surface area contributed by atoms with Gasteiger partial charge in [0.1, 0.15) is 11.6 Å². The quantitative estimate of drug-likeness (QED) is 0.279. The maximum atomic E-state index is 13.8. The summed E-state index contributed by atoms with van der Waals surface area (Å²) in [6.45, 7) is 2.89. The first kappa shape index (κ1) is 24.7. The van der Waals surface area contributed by atoms with Gasteiger partial charge in [-0.25, -0.2) is 4.39 Å². The van der Waals surface area contributed by atoms with Crippen LogP contribution in [0, 0.1) is 11.7 Å². The van der Waals surface area contributed by atoms with Crippen molar-refractivity contribution in [2.75, 3.05) is 19.8 Å². The van der Waals surface area contributed by atoms with Crippen LogP contribution in [0.2, 0.25) is 0 Å². The summed E-state index contributed by atoms with van der Waals surface area (Å²) in [4.78, 5) is 20.0. The molecule has 0 aliphatic carbocycles. The van der Waals surface area contributed by atoms with E-state index >= 15 is 0 Å². The van der Waals surface area contributed by atoms with Gasteiger partial charge in [-0.3, -0.25) is 9.78 Å². The molecule has 0 unspecified atom stereocenters. The van der Waals surface area contributed by atoms with Crippen LogP contribution in [-0.2, 0) is 17.8 Å². The molecule has 0 N–H and O–H groups in total. The zero-order valence-electron chi connectivity index (χ0n) is 20.6. The molecule has 3 aromatic carbocycles. The Morgan fingerprint density at radius 3 is 2.57 bits per heavy atom. The topological polar surface area (TPSA) is 51.7 Å². The van der Waals surface area contributed by atoms with Crippen molar-refractivity contribution in [1.29, 1.82) is 0 Å². The van der Waals surface area contributed by atoms with E-state index in [9.17, 15) is 9.18 Å². The van der Waals surface area contributed by atoms with Gasteiger partial charge in [0.2, 0.25) is 0 Å². The molecule has 5 rings (SSSR count). The van der Waals surface area contributed by atoms with Gasteiger partial charge in [0, 0.05) is 30.8 Å². The van der Waals surface area contributed by atoms with Crippen LogP contribution in [0.3, 0.4) is 0 Å². The van der Waals surface area contributed by atoms with E-state index in [1.54, 1.807) is 23.2 Å². The van der Waals surface area contributed by atoms with Gasteiger partial charge in [0.15, 0.2) is 0 Å². The number of amides is 1. The number of benzene rings is 3. The van der Waals surface area contributed by atoms with Gasteiger partial charge in [-0.1, -0.05) is 42.5 Å². The first-order chi connectivity index (χ1) is 18.1. The lowest BCUT2D eigenvalue weighted by molar-refractivity contribution is 0.0727. The number of carbonyl (C=O) groups excluding carboxylic acids is 1. The number of hydrogen-bond donors (Lipinski definition) is 0. The zero-order chi connectivity index (χ0) is 25.5. The molecule has 1 amide bonds. The van der Waals surface area contributed by atoms with E-state index in [4.69, 9.17) is 9.47 Å². The summed E-state index contributed by atoms with van der Waals surface area (Å²) in [5.41, 5.74) is 3.81. The minimum absolute atomic E-state index is 0.127. The highest BCUT2D eigenvalue weighted by Gasteiger charge is 2.19. The van der Waals surface area contributed by atoms with E-state index < -0.39 is 0 Å². The highest BCUT2D eigenvalue weighted by molar-refractivity contribution is 5.95. The van der Waals surface area contributed by atoms with Crippen molar-refractivity contribution < 1.29 is 18.7 Å². The van der Waals surface area contributed by atoms with Crippen LogP contribution in [0.1, 0.15) is 28.0 Å². The zero-order valence-corrected chi connectivity index (χ0v) is 20.6. The molecule has 1 aromatic heterocycles. The monoisotopic (exact) mass is 496 g/mol. The summed E-state index contributed by atoms with van der Waals surface area (Å²) in [5.74, 6) is 0.755. The third kappa shape index (κ3) is 6.60. The Bertz CT molecular complexity index is 1340. The van der Waals surface area contributed by atoms with Crippen LogP contribution >= 0.6 is 0 Å². The minimum Gasteiger partial charge on any atom is -0.493 e. The predicted octanol–water partition coefficient (Wildman–Crippen LogP) is 6.15. The number of halogens is 1. The lowest BCUT2D eigenvalue weighted by atomic mass is 10.0. The van der Waals surface area contributed by atoms with Crippen molar-refractivity contribution in [3.63, 3.8) is 0 Å². The minimum atomic E-state index is -0.312. The van der Waals surface area contributed by atoms with E-state index in [2.05, 4.69) is 4.98 Å². The van der Waals surface area contributed by atoms with Crippen LogP contribution in [0.15, 0.2) is 97.2 Å². The second-order valence-electron chi connectivity index (χ2n) is 9.26. The molecule has 0 saturated carbocycles. The van der Waals surface area contributed by atoms with E-state index in [0.29, 0.717) is 31.2 Å². The average molecular weight is 497 g/mol. The molecule has 5 nitrogen and oxygen atoms in total. The summed E-state index contributed by atoms with van der Waals surface area (Å²) in [6.07, 6.45) is 2.74. The number of pyridine rings is 1. The molecule has 1 aliphatic heterocycles. The fraction of sp³-hybridized carbons (Fsp3) is 0.226. The fourth-order valence-electron chi connectivity index (χ4n) is 4.45. The highest BCUT2D eigenvalue weighted by atomic mass is 19.1. The molecule has 1 aliphatic rings. The number of aromatic nitrogens is 1. The van der Waals surface area contributed by atoms with Crippen LogP contribution < -0.4 is 4.74 Å². The second-order valence-corrected chi connectivity index (χ2v) is 9.26. The number of hydrogen-bond acceptors (Lipinski definition) is 4. The Balaban J connectivity index is 1.37. The van der Waals surface area contributed by atoms with E-state index in [0.717, 1.165) is 47.8 Å². The van der Waals surface area contributed by atoms with E-state index in [-0.39, 0.29) is 11.7 Å². The van der Waals surface area contributed by atoms with Crippen LogP contribution in [0.4, 0.5) is 4.39 Å². The summed E-state index contributed by atoms with van der Waals surface area (Å²) in [7, 11) is 0. The molecule has 6 heteroatoms. The Morgan fingerprint density at radius 2 is 1.78 bits per heavy atom. The highest BCUT2D eigenvalue weighted by Crippen LogP contribution is 2.24. The molecule has 1 fully saturated rings. The Kier molecular flexibility index (Phi) is 7.87. The Hall–Kier alpha value is -4.03. The molecule has 1 atom stereocenters. The lowest BCUT2D eigenvalue weighted by Gasteiger charge is -2.23. The molecule has 1 saturated heterocycles. The first-order valence-corrected chi connectivity index (χ1v) is 12.5. The second kappa shape index (κ2) is 11.8. The van der Waals surface area contributed by atoms with Crippen molar-refractivity contribution in [3.05, 3.63) is 120 Å².